The van der Waals surface area contributed by atoms with Crippen molar-refractivity contribution in [3.63, 3.8) is 0 Å². The fourth-order valence-corrected chi connectivity index (χ4v) is 2.46. The highest BCUT2D eigenvalue weighted by atomic mass is 16.5. The first-order valence-corrected chi connectivity index (χ1v) is 8.16. The summed E-state index contributed by atoms with van der Waals surface area (Å²) in [6.45, 7) is 9.68. The van der Waals surface area contributed by atoms with Crippen molar-refractivity contribution in [1.29, 1.82) is 0 Å². The molecule has 6 heteroatoms. The van der Waals surface area contributed by atoms with E-state index in [0.29, 0.717) is 17.1 Å². The van der Waals surface area contributed by atoms with Gasteiger partial charge in [0.1, 0.15) is 23.6 Å². The van der Waals surface area contributed by atoms with Crippen LogP contribution in [0.1, 0.15) is 49.4 Å². The van der Waals surface area contributed by atoms with Crippen LogP contribution in [0.3, 0.4) is 0 Å². The summed E-state index contributed by atoms with van der Waals surface area (Å²) < 4.78 is 12.2. The van der Waals surface area contributed by atoms with Crippen molar-refractivity contribution in [2.75, 3.05) is 13.2 Å². The molecule has 1 aromatic heterocycles. The Labute approximate surface area is 142 Å². The maximum Gasteiger partial charge on any atom is 0.358 e. The molecule has 0 saturated carbocycles. The molecule has 0 bridgehead atoms. The topological polar surface area (TPSA) is 73.6 Å². The molecular weight excluding hydrogens is 308 g/mol. The van der Waals surface area contributed by atoms with Crippen LogP contribution in [0.25, 0.3) is 5.69 Å². The first kappa shape index (κ1) is 18.0. The van der Waals surface area contributed by atoms with E-state index >= 15 is 0 Å². The highest BCUT2D eigenvalue weighted by Crippen LogP contribution is 2.34. The fraction of sp³-hybridized carbons (Fsp3) is 0.444. The summed E-state index contributed by atoms with van der Waals surface area (Å²) in [5, 5.41) is 14.9. The van der Waals surface area contributed by atoms with Gasteiger partial charge in [-0.15, -0.1) is 0 Å². The Morgan fingerprint density at radius 2 is 2.12 bits per heavy atom. The minimum absolute atomic E-state index is 0.0804. The second-order valence-electron chi connectivity index (χ2n) is 5.58. The zero-order valence-corrected chi connectivity index (χ0v) is 14.8. The van der Waals surface area contributed by atoms with Crippen LogP contribution in [0, 0.1) is 6.92 Å². The van der Waals surface area contributed by atoms with E-state index in [4.69, 9.17) is 9.47 Å². The van der Waals surface area contributed by atoms with E-state index in [9.17, 15) is 9.90 Å². The number of carbonyl (C=O) groups excluding carboxylic acids is 1. The van der Waals surface area contributed by atoms with Crippen LogP contribution in [0.15, 0.2) is 24.3 Å². The Morgan fingerprint density at radius 1 is 1.42 bits per heavy atom. The molecule has 2 aromatic rings. The number of hydrogen-bond donors (Lipinski definition) is 1. The summed E-state index contributed by atoms with van der Waals surface area (Å²) in [4.78, 5) is 11.9. The first-order chi connectivity index (χ1) is 11.4. The summed E-state index contributed by atoms with van der Waals surface area (Å²) >= 11 is 0. The molecule has 0 spiro atoms. The number of nitrogens with zero attached hydrogens (tertiary/aromatic N) is 2. The van der Waals surface area contributed by atoms with E-state index < -0.39 is 11.6 Å². The van der Waals surface area contributed by atoms with Gasteiger partial charge in [0.25, 0.3) is 0 Å². The summed E-state index contributed by atoms with van der Waals surface area (Å²) in [6, 6.07) is 7.22. The standard InChI is InChI=1S/C16H18N2O4.C2H6/c1-4-21-15(19)11-8-14-16(3,20)9-22-13-6-5-10(2)7-12(13)18(14)17-11;1-2/h5-8,20H,4,9H2,1-3H3;1-2H3. The van der Waals surface area contributed by atoms with Crippen LogP contribution in [-0.2, 0) is 10.3 Å². The SMILES string of the molecule is CC.CCOC(=O)c1cc2n(n1)-c1cc(C)ccc1OCC2(C)O. The Bertz CT molecular complexity index is 735. The summed E-state index contributed by atoms with van der Waals surface area (Å²) in [6.07, 6.45) is 0. The Morgan fingerprint density at radius 3 is 2.79 bits per heavy atom. The van der Waals surface area contributed by atoms with Crippen molar-refractivity contribution in [3.8, 4) is 11.4 Å². The molecule has 1 aliphatic heterocycles. The fourth-order valence-electron chi connectivity index (χ4n) is 2.46. The smallest absolute Gasteiger partial charge is 0.358 e. The van der Waals surface area contributed by atoms with E-state index in [1.54, 1.807) is 24.6 Å². The molecule has 3 rings (SSSR count). The third-order valence-corrected chi connectivity index (χ3v) is 3.60. The zero-order valence-electron chi connectivity index (χ0n) is 14.8. The number of aryl methyl sites for hydroxylation is 1. The first-order valence-electron chi connectivity index (χ1n) is 8.16. The number of ether oxygens (including phenoxy) is 2. The van der Waals surface area contributed by atoms with E-state index in [1.165, 1.54) is 0 Å². The van der Waals surface area contributed by atoms with E-state index in [-0.39, 0.29) is 18.9 Å². The number of aromatic nitrogens is 2. The highest BCUT2D eigenvalue weighted by molar-refractivity contribution is 5.87. The highest BCUT2D eigenvalue weighted by Gasteiger charge is 2.35. The van der Waals surface area contributed by atoms with Gasteiger partial charge in [-0.05, 0) is 44.5 Å². The van der Waals surface area contributed by atoms with Crippen LogP contribution in [-0.4, -0.2) is 34.1 Å². The molecule has 2 heterocycles. The monoisotopic (exact) mass is 332 g/mol. The molecule has 0 saturated heterocycles. The zero-order chi connectivity index (χ0) is 17.9. The van der Waals surface area contributed by atoms with Gasteiger partial charge in [0, 0.05) is 0 Å². The van der Waals surface area contributed by atoms with Gasteiger partial charge in [-0.3, -0.25) is 0 Å². The number of carbonyl (C=O) groups is 1. The Hall–Kier alpha value is -2.34. The molecule has 0 aliphatic carbocycles. The molecule has 6 nitrogen and oxygen atoms in total. The molecule has 0 amide bonds. The third-order valence-electron chi connectivity index (χ3n) is 3.60. The largest absolute Gasteiger partial charge is 0.488 e. The van der Waals surface area contributed by atoms with Crippen molar-refractivity contribution < 1.29 is 19.4 Å². The third kappa shape index (κ3) is 3.28. The van der Waals surface area contributed by atoms with Gasteiger partial charge < -0.3 is 14.6 Å². The molecule has 130 valence electrons. The maximum absolute atomic E-state index is 11.9. The van der Waals surface area contributed by atoms with Crippen LogP contribution < -0.4 is 4.74 Å². The minimum Gasteiger partial charge on any atom is -0.488 e. The number of aliphatic hydroxyl groups is 1. The average molecular weight is 332 g/mol. The molecule has 1 atom stereocenters. The minimum atomic E-state index is -1.26. The van der Waals surface area contributed by atoms with Crippen LogP contribution in [0.2, 0.25) is 0 Å². The maximum atomic E-state index is 11.9. The number of benzene rings is 1. The summed E-state index contributed by atoms with van der Waals surface area (Å²) in [5.74, 6) is 0.108. The summed E-state index contributed by atoms with van der Waals surface area (Å²) in [5.41, 5.74) is 1.14. The lowest BCUT2D eigenvalue weighted by molar-refractivity contribution is 0.00607. The molecule has 1 unspecified atom stereocenters. The molecule has 24 heavy (non-hydrogen) atoms. The Balaban J connectivity index is 0.00000100. The molecular formula is C18H24N2O4. The number of hydrogen-bond acceptors (Lipinski definition) is 5. The van der Waals surface area contributed by atoms with Crippen molar-refractivity contribution in [2.24, 2.45) is 0 Å². The van der Waals surface area contributed by atoms with Crippen molar-refractivity contribution in [2.45, 2.75) is 40.2 Å². The quantitative estimate of drug-likeness (QED) is 0.856. The van der Waals surface area contributed by atoms with Gasteiger partial charge in [0.2, 0.25) is 0 Å². The normalized spacial score (nSPS) is 18.2. The van der Waals surface area contributed by atoms with Gasteiger partial charge in [0.15, 0.2) is 5.69 Å². The van der Waals surface area contributed by atoms with Gasteiger partial charge in [-0.2, -0.15) is 5.10 Å². The van der Waals surface area contributed by atoms with E-state index in [2.05, 4.69) is 5.10 Å². The summed E-state index contributed by atoms with van der Waals surface area (Å²) in [7, 11) is 0. The molecule has 1 aromatic carbocycles. The van der Waals surface area contributed by atoms with E-state index in [0.717, 1.165) is 5.56 Å². The molecule has 0 fully saturated rings. The number of esters is 1. The van der Waals surface area contributed by atoms with Crippen LogP contribution >= 0.6 is 0 Å². The van der Waals surface area contributed by atoms with Crippen molar-refractivity contribution >= 4 is 5.97 Å². The van der Waals surface area contributed by atoms with Gasteiger partial charge in [-0.1, -0.05) is 19.9 Å². The van der Waals surface area contributed by atoms with Crippen molar-refractivity contribution in [3.05, 3.63) is 41.2 Å². The number of fused-ring (bicyclic) bond motifs is 3. The molecule has 1 N–H and O–H groups in total. The number of rotatable bonds is 2. The second-order valence-corrected chi connectivity index (χ2v) is 5.58. The lowest BCUT2D eigenvalue weighted by Crippen LogP contribution is -2.30. The predicted octanol–water partition coefficient (Wildman–Crippen LogP) is 2.98. The van der Waals surface area contributed by atoms with Gasteiger partial charge >= 0.3 is 5.97 Å². The molecule has 0 radical (unpaired) electrons. The van der Waals surface area contributed by atoms with Gasteiger partial charge in [0.05, 0.1) is 12.3 Å². The second kappa shape index (κ2) is 7.05. The van der Waals surface area contributed by atoms with Gasteiger partial charge in [-0.25, -0.2) is 9.48 Å². The van der Waals surface area contributed by atoms with E-state index in [1.807, 2.05) is 39.0 Å². The predicted molar refractivity (Wildman–Crippen MR) is 90.7 cm³/mol. The van der Waals surface area contributed by atoms with Crippen LogP contribution in [0.4, 0.5) is 0 Å². The van der Waals surface area contributed by atoms with Crippen molar-refractivity contribution in [1.82, 2.24) is 9.78 Å². The average Bonchev–Trinajstić information content (AvgIpc) is 2.98. The Kier molecular flexibility index (Phi) is 5.29. The van der Waals surface area contributed by atoms with Crippen LogP contribution in [0.5, 0.6) is 5.75 Å². The lowest BCUT2D eigenvalue weighted by Gasteiger charge is -2.20. The lowest BCUT2D eigenvalue weighted by atomic mass is 10.0. The molecule has 1 aliphatic rings.